The zero-order chi connectivity index (χ0) is 13.1. The molecule has 0 aliphatic heterocycles. The van der Waals surface area contributed by atoms with Gasteiger partial charge in [0.05, 0.1) is 10.0 Å². The second-order valence-electron chi connectivity index (χ2n) is 3.53. The molecule has 90 valence electrons. The zero-order valence-corrected chi connectivity index (χ0v) is 10.7. The van der Waals surface area contributed by atoms with E-state index in [0.717, 1.165) is 0 Å². The van der Waals surface area contributed by atoms with E-state index in [2.05, 4.69) is 15.9 Å². The number of nitrogens with two attached hydrogens (primary N) is 1. The van der Waals surface area contributed by atoms with Crippen LogP contribution >= 0.6 is 15.9 Å². The molecule has 2 aromatic rings. The van der Waals surface area contributed by atoms with E-state index in [-0.39, 0.29) is 15.8 Å². The van der Waals surface area contributed by atoms with Crippen LogP contribution in [0.1, 0.15) is 5.56 Å². The third kappa shape index (κ3) is 2.44. The summed E-state index contributed by atoms with van der Waals surface area (Å²) in [6.45, 7) is 0. The van der Waals surface area contributed by atoms with Crippen LogP contribution in [0.2, 0.25) is 0 Å². The van der Waals surface area contributed by atoms with Gasteiger partial charge < -0.3 is 10.5 Å². The first-order valence-corrected chi connectivity index (χ1v) is 5.82. The van der Waals surface area contributed by atoms with E-state index in [1.807, 2.05) is 6.07 Å². The monoisotopic (exact) mass is 306 g/mol. The van der Waals surface area contributed by atoms with E-state index in [1.54, 1.807) is 24.3 Å². The maximum atomic E-state index is 13.9. The quantitative estimate of drug-likeness (QED) is 0.858. The van der Waals surface area contributed by atoms with Crippen molar-refractivity contribution in [3.8, 4) is 17.6 Å². The normalized spacial score (nSPS) is 9.83. The second-order valence-corrected chi connectivity index (χ2v) is 4.32. The zero-order valence-electron chi connectivity index (χ0n) is 9.15. The molecule has 0 aliphatic carbocycles. The molecular formula is C13H8BrFN2O. The Morgan fingerprint density at radius 3 is 2.72 bits per heavy atom. The molecule has 5 heteroatoms. The lowest BCUT2D eigenvalue weighted by molar-refractivity contribution is 0.440. The molecule has 2 rings (SSSR count). The van der Waals surface area contributed by atoms with Crippen LogP contribution < -0.4 is 10.5 Å². The Balaban J connectivity index is 2.36. The number of halogens is 2. The van der Waals surface area contributed by atoms with Gasteiger partial charge in [0.2, 0.25) is 0 Å². The van der Waals surface area contributed by atoms with Crippen LogP contribution in [0.15, 0.2) is 40.9 Å². The summed E-state index contributed by atoms with van der Waals surface area (Å²) in [5, 5.41) is 8.76. The second kappa shape index (κ2) is 5.07. The van der Waals surface area contributed by atoms with Gasteiger partial charge in [0.1, 0.15) is 11.8 Å². The SMILES string of the molecule is N#Cc1ccc(Oc2cccc(N)c2)c(F)c1Br. The Kier molecular flexibility index (Phi) is 3.49. The smallest absolute Gasteiger partial charge is 0.181 e. The largest absolute Gasteiger partial charge is 0.454 e. The predicted octanol–water partition coefficient (Wildman–Crippen LogP) is 3.83. The van der Waals surface area contributed by atoms with Crippen molar-refractivity contribution >= 4 is 21.6 Å². The average molecular weight is 307 g/mol. The topological polar surface area (TPSA) is 59.0 Å². The number of nitriles is 1. The number of hydrogen-bond acceptors (Lipinski definition) is 3. The Labute approximate surface area is 112 Å². The molecule has 0 heterocycles. The Morgan fingerprint density at radius 2 is 2.06 bits per heavy atom. The summed E-state index contributed by atoms with van der Waals surface area (Å²) in [6, 6.07) is 11.4. The van der Waals surface area contributed by atoms with Crippen molar-refractivity contribution < 1.29 is 9.13 Å². The highest BCUT2D eigenvalue weighted by molar-refractivity contribution is 9.10. The Morgan fingerprint density at radius 1 is 1.28 bits per heavy atom. The van der Waals surface area contributed by atoms with Gasteiger partial charge in [-0.1, -0.05) is 6.07 Å². The minimum absolute atomic E-state index is 0.0338. The van der Waals surface area contributed by atoms with Crippen LogP contribution in [0.3, 0.4) is 0 Å². The van der Waals surface area contributed by atoms with E-state index >= 15 is 0 Å². The molecule has 18 heavy (non-hydrogen) atoms. The molecule has 3 nitrogen and oxygen atoms in total. The molecule has 0 radical (unpaired) electrons. The molecule has 0 fully saturated rings. The summed E-state index contributed by atoms with van der Waals surface area (Å²) in [5.41, 5.74) is 6.34. The van der Waals surface area contributed by atoms with Gasteiger partial charge in [-0.05, 0) is 40.2 Å². The number of rotatable bonds is 2. The van der Waals surface area contributed by atoms with E-state index in [9.17, 15) is 4.39 Å². The number of benzene rings is 2. The summed E-state index contributed by atoms with van der Waals surface area (Å²) in [6.07, 6.45) is 0. The summed E-state index contributed by atoms with van der Waals surface area (Å²) in [7, 11) is 0. The van der Waals surface area contributed by atoms with Gasteiger partial charge in [0.15, 0.2) is 11.6 Å². The van der Waals surface area contributed by atoms with E-state index in [0.29, 0.717) is 11.4 Å². The number of anilines is 1. The van der Waals surface area contributed by atoms with Crippen molar-refractivity contribution in [2.24, 2.45) is 0 Å². The van der Waals surface area contributed by atoms with Gasteiger partial charge >= 0.3 is 0 Å². The highest BCUT2D eigenvalue weighted by atomic mass is 79.9. The van der Waals surface area contributed by atoms with E-state index in [4.69, 9.17) is 15.7 Å². The molecule has 0 spiro atoms. The Bertz CT molecular complexity index is 637. The summed E-state index contributed by atoms with van der Waals surface area (Å²) in [4.78, 5) is 0. The van der Waals surface area contributed by atoms with Crippen LogP contribution in [0.5, 0.6) is 11.5 Å². The molecule has 2 N–H and O–H groups in total. The summed E-state index contributed by atoms with van der Waals surface area (Å²) >= 11 is 3.02. The van der Waals surface area contributed by atoms with Crippen molar-refractivity contribution in [2.75, 3.05) is 5.73 Å². The van der Waals surface area contributed by atoms with Gasteiger partial charge in [-0.2, -0.15) is 5.26 Å². The molecule has 0 aliphatic rings. The lowest BCUT2D eigenvalue weighted by Gasteiger charge is -2.08. The average Bonchev–Trinajstić information content (AvgIpc) is 2.35. The standard InChI is InChI=1S/C13H8BrFN2O/c14-12-8(7-16)4-5-11(13(12)15)18-10-3-1-2-9(17)6-10/h1-6H,17H2. The van der Waals surface area contributed by atoms with Crippen LogP contribution in [0.4, 0.5) is 10.1 Å². The molecule has 2 aromatic carbocycles. The highest BCUT2D eigenvalue weighted by Crippen LogP contribution is 2.31. The fourth-order valence-corrected chi connectivity index (χ4v) is 1.82. The van der Waals surface area contributed by atoms with Crippen LogP contribution in [-0.4, -0.2) is 0 Å². The highest BCUT2D eigenvalue weighted by Gasteiger charge is 2.12. The van der Waals surface area contributed by atoms with Crippen LogP contribution in [0.25, 0.3) is 0 Å². The Hall–Kier alpha value is -2.06. The third-order valence-corrected chi connectivity index (χ3v) is 3.03. The molecule has 0 amide bonds. The maximum Gasteiger partial charge on any atom is 0.181 e. The predicted molar refractivity (Wildman–Crippen MR) is 69.7 cm³/mol. The minimum atomic E-state index is -0.614. The third-order valence-electron chi connectivity index (χ3n) is 2.25. The maximum absolute atomic E-state index is 13.9. The number of nitrogens with zero attached hydrogens (tertiary/aromatic N) is 1. The van der Waals surface area contributed by atoms with Crippen LogP contribution in [0, 0.1) is 17.1 Å². The van der Waals surface area contributed by atoms with Crippen molar-refractivity contribution in [2.45, 2.75) is 0 Å². The van der Waals surface area contributed by atoms with Crippen molar-refractivity contribution in [3.63, 3.8) is 0 Å². The first kappa shape index (κ1) is 12.4. The van der Waals surface area contributed by atoms with Crippen LogP contribution in [-0.2, 0) is 0 Å². The fourth-order valence-electron chi connectivity index (χ4n) is 1.40. The van der Waals surface area contributed by atoms with Crippen molar-refractivity contribution in [1.29, 1.82) is 5.26 Å². The summed E-state index contributed by atoms with van der Waals surface area (Å²) < 4.78 is 19.3. The van der Waals surface area contributed by atoms with E-state index in [1.165, 1.54) is 12.1 Å². The molecule has 0 bridgehead atoms. The first-order valence-electron chi connectivity index (χ1n) is 5.03. The summed E-state index contributed by atoms with van der Waals surface area (Å²) in [5.74, 6) is -0.145. The van der Waals surface area contributed by atoms with Gasteiger partial charge in [0, 0.05) is 11.8 Å². The minimum Gasteiger partial charge on any atom is -0.454 e. The number of hydrogen-bond donors (Lipinski definition) is 1. The van der Waals surface area contributed by atoms with Gasteiger partial charge in [0.25, 0.3) is 0 Å². The lowest BCUT2D eigenvalue weighted by Crippen LogP contribution is -1.92. The first-order chi connectivity index (χ1) is 8.61. The van der Waals surface area contributed by atoms with Gasteiger partial charge in [-0.25, -0.2) is 4.39 Å². The molecule has 0 saturated heterocycles. The fraction of sp³-hybridized carbons (Fsp3) is 0. The molecule has 0 aromatic heterocycles. The lowest BCUT2D eigenvalue weighted by atomic mass is 10.2. The van der Waals surface area contributed by atoms with Crippen molar-refractivity contribution in [1.82, 2.24) is 0 Å². The molecule has 0 saturated carbocycles. The van der Waals surface area contributed by atoms with E-state index < -0.39 is 5.82 Å². The van der Waals surface area contributed by atoms with Gasteiger partial charge in [-0.3, -0.25) is 0 Å². The number of ether oxygens (including phenoxy) is 1. The molecule has 0 atom stereocenters. The number of nitrogen functional groups attached to an aromatic ring is 1. The van der Waals surface area contributed by atoms with Crippen molar-refractivity contribution in [3.05, 3.63) is 52.3 Å². The molecule has 0 unspecified atom stereocenters. The molecular weight excluding hydrogens is 299 g/mol. The van der Waals surface area contributed by atoms with Gasteiger partial charge in [-0.15, -0.1) is 0 Å².